The summed E-state index contributed by atoms with van der Waals surface area (Å²) >= 11 is 0. The van der Waals surface area contributed by atoms with E-state index in [-0.39, 0.29) is 6.15 Å². The first kappa shape index (κ1) is 9.85. The van der Waals surface area contributed by atoms with Gasteiger partial charge in [-0.1, -0.05) is 0 Å². The Morgan fingerprint density at radius 3 is 1.38 bits per heavy atom. The van der Waals surface area contributed by atoms with Gasteiger partial charge in [-0.25, -0.2) is 9.59 Å². The van der Waals surface area contributed by atoms with Crippen LogP contribution in [0.1, 0.15) is 0 Å². The lowest BCUT2D eigenvalue weighted by atomic mass is 10.9. The van der Waals surface area contributed by atoms with Crippen LogP contribution in [0.15, 0.2) is 0 Å². The average Bonchev–Trinajstić information content (AvgIpc) is 1.27. The van der Waals surface area contributed by atoms with E-state index in [0.717, 1.165) is 0 Å². The number of nitrogens with zero attached hydrogens (tertiary/aromatic N) is 1. The predicted molar refractivity (Wildman–Crippen MR) is 24.4 cm³/mol. The summed E-state index contributed by atoms with van der Waals surface area (Å²) in [6, 6.07) is -1.88. The molecule has 8 heavy (non-hydrogen) atoms. The van der Waals surface area contributed by atoms with Gasteiger partial charge in [0.2, 0.25) is 0 Å². The van der Waals surface area contributed by atoms with Crippen molar-refractivity contribution in [2.75, 3.05) is 0 Å². The van der Waals surface area contributed by atoms with Crippen LogP contribution in [0, 0.1) is 0 Å². The molecule has 4 amide bonds. The zero-order valence-corrected chi connectivity index (χ0v) is 3.92. The lowest BCUT2D eigenvalue weighted by Crippen LogP contribution is -2.38. The largest absolute Gasteiger partial charge is 0.351 e. The van der Waals surface area contributed by atoms with Gasteiger partial charge in [-0.2, -0.15) is 0 Å². The van der Waals surface area contributed by atoms with E-state index in [0.29, 0.717) is 0 Å². The van der Waals surface area contributed by atoms with Crippen molar-refractivity contribution < 1.29 is 9.59 Å². The fourth-order valence-corrected chi connectivity index (χ4v) is 0.121. The van der Waals surface area contributed by atoms with Crippen molar-refractivity contribution in [1.82, 2.24) is 11.5 Å². The van der Waals surface area contributed by atoms with Gasteiger partial charge in [0.25, 0.3) is 0 Å². The zero-order chi connectivity index (χ0) is 5.86. The zero-order valence-electron chi connectivity index (χ0n) is 3.92. The Morgan fingerprint density at radius 2 is 1.38 bits per heavy atom. The normalized spacial score (nSPS) is 6.50. The third-order valence-electron chi connectivity index (χ3n) is 0.246. The molecule has 0 saturated heterocycles. The van der Waals surface area contributed by atoms with Crippen LogP contribution in [-0.4, -0.2) is 12.1 Å². The fraction of sp³-hybridized carbons (Fsp3) is 0. The SMILES string of the molecule is NC(=O)NC(N)=O.[N]. The van der Waals surface area contributed by atoms with Crippen molar-refractivity contribution in [3.8, 4) is 0 Å². The third kappa shape index (κ3) is 8.83. The smallest absolute Gasteiger partial charge is 0.320 e. The molecule has 6 nitrogen and oxygen atoms in total. The van der Waals surface area contributed by atoms with Crippen LogP contribution in [0.25, 0.3) is 0 Å². The standard InChI is InChI=1S/C2H5N3O2.N/c3-1(6)5-2(4)7;/h(H5,3,4,5,6,7);. The minimum Gasteiger partial charge on any atom is -0.351 e. The summed E-state index contributed by atoms with van der Waals surface area (Å²) < 4.78 is 0. The number of rotatable bonds is 0. The van der Waals surface area contributed by atoms with E-state index in [4.69, 9.17) is 0 Å². The maximum atomic E-state index is 9.62. The van der Waals surface area contributed by atoms with E-state index in [9.17, 15) is 9.59 Å². The molecule has 0 heterocycles. The summed E-state index contributed by atoms with van der Waals surface area (Å²) in [5.74, 6) is 0. The van der Waals surface area contributed by atoms with Crippen LogP contribution >= 0.6 is 0 Å². The number of carbonyl (C=O) groups is 2. The van der Waals surface area contributed by atoms with Gasteiger partial charge in [0.05, 0.1) is 0 Å². The van der Waals surface area contributed by atoms with Gasteiger partial charge in [0, 0.05) is 6.15 Å². The third-order valence-corrected chi connectivity index (χ3v) is 0.246. The van der Waals surface area contributed by atoms with Crippen LogP contribution in [0.5, 0.6) is 0 Å². The highest BCUT2D eigenvalue weighted by Crippen LogP contribution is 1.51. The maximum absolute atomic E-state index is 9.62. The molecule has 45 valence electrons. The van der Waals surface area contributed by atoms with Crippen molar-refractivity contribution in [3.05, 3.63) is 0 Å². The van der Waals surface area contributed by atoms with Gasteiger partial charge in [0.15, 0.2) is 0 Å². The van der Waals surface area contributed by atoms with E-state index in [1.165, 1.54) is 0 Å². The number of nitrogens with one attached hydrogen (secondary N) is 1. The predicted octanol–water partition coefficient (Wildman–Crippen LogP) is -1.75. The minimum absolute atomic E-state index is 0. The molecule has 0 fully saturated rings. The van der Waals surface area contributed by atoms with Crippen molar-refractivity contribution in [2.45, 2.75) is 0 Å². The molecular weight excluding hydrogens is 112 g/mol. The molecule has 0 aliphatic heterocycles. The van der Waals surface area contributed by atoms with E-state index in [1.807, 2.05) is 0 Å². The number of carbonyl (C=O) groups excluding carboxylic acids is 2. The molecule has 0 atom stereocenters. The van der Waals surface area contributed by atoms with Gasteiger partial charge in [-0.05, 0) is 0 Å². The Morgan fingerprint density at radius 1 is 1.12 bits per heavy atom. The Balaban J connectivity index is 0. The number of imide groups is 1. The van der Waals surface area contributed by atoms with Crippen molar-refractivity contribution in [1.29, 1.82) is 0 Å². The molecule has 3 radical (unpaired) electrons. The summed E-state index contributed by atoms with van der Waals surface area (Å²) in [5, 5.41) is 1.58. The number of amides is 4. The second kappa shape index (κ2) is 3.88. The number of primary amides is 2. The van der Waals surface area contributed by atoms with Crippen LogP contribution < -0.4 is 22.9 Å². The monoisotopic (exact) mass is 117 g/mol. The first-order chi connectivity index (χ1) is 3.13. The van der Waals surface area contributed by atoms with E-state index >= 15 is 0 Å². The highest BCUT2D eigenvalue weighted by atomic mass is 16.2. The quantitative estimate of drug-likeness (QED) is 0.347. The molecule has 0 saturated carbocycles. The van der Waals surface area contributed by atoms with Crippen molar-refractivity contribution in [3.63, 3.8) is 0 Å². The number of hydrogen-bond donors (Lipinski definition) is 3. The van der Waals surface area contributed by atoms with Gasteiger partial charge < -0.3 is 11.5 Å². The maximum Gasteiger partial charge on any atom is 0.320 e. The first-order valence-corrected chi connectivity index (χ1v) is 1.49. The Labute approximate surface area is 45.8 Å². The lowest BCUT2D eigenvalue weighted by Gasteiger charge is -1.88. The molecule has 5 N–H and O–H groups in total. The lowest BCUT2D eigenvalue weighted by molar-refractivity contribution is 0.236. The van der Waals surface area contributed by atoms with Crippen LogP contribution in [0.2, 0.25) is 0 Å². The molecule has 0 rings (SSSR count). The van der Waals surface area contributed by atoms with E-state index in [1.54, 1.807) is 5.32 Å². The highest BCUT2D eigenvalue weighted by molar-refractivity contribution is 5.91. The summed E-state index contributed by atoms with van der Waals surface area (Å²) in [7, 11) is 0. The summed E-state index contributed by atoms with van der Waals surface area (Å²) in [4.78, 5) is 19.2. The van der Waals surface area contributed by atoms with Crippen LogP contribution in [0.3, 0.4) is 0 Å². The molecule has 0 unspecified atom stereocenters. The Hall–Kier alpha value is -1.30. The number of hydrogen-bond acceptors (Lipinski definition) is 2. The molecule has 0 aromatic rings. The van der Waals surface area contributed by atoms with Gasteiger partial charge in [-0.15, -0.1) is 0 Å². The summed E-state index contributed by atoms with van der Waals surface area (Å²) in [5.41, 5.74) is 8.88. The minimum atomic E-state index is -0.938. The van der Waals surface area contributed by atoms with E-state index < -0.39 is 12.1 Å². The second-order valence-electron chi connectivity index (χ2n) is 0.854. The van der Waals surface area contributed by atoms with Crippen molar-refractivity contribution >= 4 is 12.1 Å². The van der Waals surface area contributed by atoms with Gasteiger partial charge >= 0.3 is 12.1 Å². The Kier molecular flexibility index (Phi) is 4.77. The molecule has 0 aromatic heterocycles. The number of nitrogens with two attached hydrogens (primary N) is 2. The first-order valence-electron chi connectivity index (χ1n) is 1.49. The topological polar surface area (TPSA) is 129 Å². The van der Waals surface area contributed by atoms with Crippen molar-refractivity contribution in [2.24, 2.45) is 11.5 Å². The van der Waals surface area contributed by atoms with Gasteiger partial charge in [0.1, 0.15) is 0 Å². The molecule has 6 heteroatoms. The average molecular weight is 117 g/mol. The molecule has 0 aromatic carbocycles. The molecule has 0 bridgehead atoms. The van der Waals surface area contributed by atoms with Crippen LogP contribution in [0.4, 0.5) is 9.59 Å². The van der Waals surface area contributed by atoms with E-state index in [2.05, 4.69) is 11.5 Å². The second-order valence-corrected chi connectivity index (χ2v) is 0.854. The molecule has 0 aliphatic rings. The molecule has 0 aliphatic carbocycles. The summed E-state index contributed by atoms with van der Waals surface area (Å²) in [6.45, 7) is 0. The van der Waals surface area contributed by atoms with Gasteiger partial charge in [-0.3, -0.25) is 5.32 Å². The number of urea groups is 2. The molecule has 0 spiro atoms. The summed E-state index contributed by atoms with van der Waals surface area (Å²) in [6.07, 6.45) is 0. The van der Waals surface area contributed by atoms with Crippen LogP contribution in [-0.2, 0) is 0 Å². The molecular formula is C2H5N4O2. The fourth-order valence-electron chi connectivity index (χ4n) is 0.121. The Bertz CT molecular complexity index is 88.2. The highest BCUT2D eigenvalue weighted by Gasteiger charge is 1.92.